The van der Waals surface area contributed by atoms with Crippen molar-refractivity contribution in [2.75, 3.05) is 6.54 Å². The van der Waals surface area contributed by atoms with E-state index in [0.717, 1.165) is 32.2 Å². The van der Waals surface area contributed by atoms with Gasteiger partial charge in [0.15, 0.2) is 0 Å². The molecule has 0 saturated carbocycles. The van der Waals surface area contributed by atoms with Crippen molar-refractivity contribution in [1.82, 2.24) is 5.32 Å². The van der Waals surface area contributed by atoms with Crippen molar-refractivity contribution in [3.05, 3.63) is 0 Å². The Labute approximate surface area is 94.8 Å². The van der Waals surface area contributed by atoms with Gasteiger partial charge in [-0.15, -0.1) is 0 Å². The van der Waals surface area contributed by atoms with Crippen molar-refractivity contribution >= 4 is 5.78 Å². The summed E-state index contributed by atoms with van der Waals surface area (Å²) in [6, 6.07) is 0.523. The monoisotopic (exact) mass is 213 g/mol. The second-order valence-corrected chi connectivity index (χ2v) is 5.81. The first-order chi connectivity index (χ1) is 6.81. The first-order valence-electron chi connectivity index (χ1n) is 6.06. The Morgan fingerprint density at radius 3 is 2.27 bits per heavy atom. The quantitative estimate of drug-likeness (QED) is 0.658. The number of hydrogen-bond donors (Lipinski definition) is 1. The van der Waals surface area contributed by atoms with Crippen LogP contribution in [0.4, 0.5) is 0 Å². The largest absolute Gasteiger partial charge is 0.315 e. The molecule has 2 heteroatoms. The van der Waals surface area contributed by atoms with Crippen molar-refractivity contribution in [2.24, 2.45) is 5.41 Å². The Kier molecular flexibility index (Phi) is 6.82. The van der Waals surface area contributed by atoms with Crippen LogP contribution in [0.2, 0.25) is 0 Å². The lowest BCUT2D eigenvalue weighted by Crippen LogP contribution is -2.24. The van der Waals surface area contributed by atoms with Gasteiger partial charge in [-0.05, 0) is 24.8 Å². The fourth-order valence-electron chi connectivity index (χ4n) is 1.32. The van der Waals surface area contributed by atoms with Crippen LogP contribution in [-0.2, 0) is 4.79 Å². The molecular formula is C13H27NO. The number of carbonyl (C=O) groups excluding carboxylic acids is 1. The van der Waals surface area contributed by atoms with Crippen LogP contribution in [0.15, 0.2) is 0 Å². The van der Waals surface area contributed by atoms with Crippen molar-refractivity contribution in [3.8, 4) is 0 Å². The predicted molar refractivity (Wildman–Crippen MR) is 66.1 cm³/mol. The van der Waals surface area contributed by atoms with E-state index in [1.807, 2.05) is 0 Å². The van der Waals surface area contributed by atoms with Crippen molar-refractivity contribution in [2.45, 2.75) is 66.3 Å². The predicted octanol–water partition coefficient (Wildman–Crippen LogP) is 3.16. The second kappa shape index (κ2) is 7.00. The summed E-state index contributed by atoms with van der Waals surface area (Å²) in [7, 11) is 0. The Morgan fingerprint density at radius 2 is 1.80 bits per heavy atom. The lowest BCUT2D eigenvalue weighted by Gasteiger charge is -2.17. The molecule has 0 amide bonds. The van der Waals surface area contributed by atoms with E-state index in [4.69, 9.17) is 0 Å². The zero-order valence-corrected chi connectivity index (χ0v) is 11.0. The molecule has 0 heterocycles. The molecule has 15 heavy (non-hydrogen) atoms. The summed E-state index contributed by atoms with van der Waals surface area (Å²) < 4.78 is 0. The minimum Gasteiger partial charge on any atom is -0.315 e. The van der Waals surface area contributed by atoms with Crippen LogP contribution in [0, 0.1) is 5.41 Å². The highest BCUT2D eigenvalue weighted by Crippen LogP contribution is 2.21. The van der Waals surface area contributed by atoms with Gasteiger partial charge in [0.1, 0.15) is 5.78 Å². The molecule has 0 radical (unpaired) electrons. The highest BCUT2D eigenvalue weighted by molar-refractivity contribution is 5.78. The first kappa shape index (κ1) is 14.6. The van der Waals surface area contributed by atoms with Gasteiger partial charge in [-0.3, -0.25) is 4.79 Å². The summed E-state index contributed by atoms with van der Waals surface area (Å²) in [5, 5.41) is 3.32. The van der Waals surface area contributed by atoms with E-state index < -0.39 is 0 Å². The summed E-state index contributed by atoms with van der Waals surface area (Å²) in [5.41, 5.74) is 0.284. The highest BCUT2D eigenvalue weighted by Gasteiger charge is 2.12. The number of Topliss-reactive ketones (excluding diaryl/α,β-unsaturated/α-hetero) is 1. The molecule has 0 aromatic heterocycles. The third-order valence-corrected chi connectivity index (χ3v) is 2.34. The number of rotatable bonds is 7. The number of carbonyl (C=O) groups is 1. The van der Waals surface area contributed by atoms with Gasteiger partial charge in [0.25, 0.3) is 0 Å². The van der Waals surface area contributed by atoms with Gasteiger partial charge in [0.2, 0.25) is 0 Å². The van der Waals surface area contributed by atoms with E-state index in [1.165, 1.54) is 0 Å². The molecule has 0 bridgehead atoms. The lowest BCUT2D eigenvalue weighted by molar-refractivity contribution is -0.119. The SMILES string of the molecule is CC(C)NCCCC(=O)CCC(C)(C)C. The van der Waals surface area contributed by atoms with Crippen LogP contribution in [0.5, 0.6) is 0 Å². The normalized spacial score (nSPS) is 12.1. The summed E-state index contributed by atoms with van der Waals surface area (Å²) in [4.78, 5) is 11.5. The zero-order chi connectivity index (χ0) is 11.9. The minimum absolute atomic E-state index is 0.284. The average Bonchev–Trinajstić information content (AvgIpc) is 2.07. The maximum absolute atomic E-state index is 11.5. The highest BCUT2D eigenvalue weighted by atomic mass is 16.1. The number of ketones is 1. The molecular weight excluding hydrogens is 186 g/mol. The lowest BCUT2D eigenvalue weighted by atomic mass is 9.89. The summed E-state index contributed by atoms with van der Waals surface area (Å²) in [6.45, 7) is 11.8. The van der Waals surface area contributed by atoms with Gasteiger partial charge < -0.3 is 5.32 Å². The van der Waals surface area contributed by atoms with E-state index >= 15 is 0 Å². The molecule has 0 rings (SSSR count). The molecule has 0 aliphatic rings. The van der Waals surface area contributed by atoms with Gasteiger partial charge in [0.05, 0.1) is 0 Å². The number of nitrogens with one attached hydrogen (secondary N) is 1. The van der Waals surface area contributed by atoms with Crippen molar-refractivity contribution in [3.63, 3.8) is 0 Å². The standard InChI is InChI=1S/C13H27NO/c1-11(2)14-10-6-7-12(15)8-9-13(3,4)5/h11,14H,6-10H2,1-5H3. The summed E-state index contributed by atoms with van der Waals surface area (Å²) >= 11 is 0. The van der Waals surface area contributed by atoms with E-state index in [2.05, 4.69) is 39.9 Å². The molecule has 0 fully saturated rings. The number of hydrogen-bond acceptors (Lipinski definition) is 2. The molecule has 0 aromatic rings. The van der Waals surface area contributed by atoms with E-state index in [-0.39, 0.29) is 5.41 Å². The smallest absolute Gasteiger partial charge is 0.132 e. The molecule has 0 unspecified atom stereocenters. The molecule has 0 atom stereocenters. The van der Waals surface area contributed by atoms with Gasteiger partial charge >= 0.3 is 0 Å². The zero-order valence-electron chi connectivity index (χ0n) is 11.0. The molecule has 90 valence electrons. The summed E-state index contributed by atoms with van der Waals surface area (Å²) in [6.07, 6.45) is 3.45. The first-order valence-corrected chi connectivity index (χ1v) is 6.06. The molecule has 0 spiro atoms. The maximum Gasteiger partial charge on any atom is 0.132 e. The second-order valence-electron chi connectivity index (χ2n) is 5.81. The van der Waals surface area contributed by atoms with Crippen LogP contribution in [0.25, 0.3) is 0 Å². The van der Waals surface area contributed by atoms with E-state index in [0.29, 0.717) is 11.8 Å². The molecule has 0 saturated heterocycles. The van der Waals surface area contributed by atoms with Crippen LogP contribution in [-0.4, -0.2) is 18.4 Å². The van der Waals surface area contributed by atoms with Crippen LogP contribution < -0.4 is 5.32 Å². The Balaban J connectivity index is 3.42. The fourth-order valence-corrected chi connectivity index (χ4v) is 1.32. The average molecular weight is 213 g/mol. The minimum atomic E-state index is 0.284. The Hall–Kier alpha value is -0.370. The van der Waals surface area contributed by atoms with Crippen LogP contribution in [0.1, 0.15) is 60.3 Å². The van der Waals surface area contributed by atoms with Gasteiger partial charge in [0, 0.05) is 18.9 Å². The third kappa shape index (κ3) is 11.6. The maximum atomic E-state index is 11.5. The molecule has 0 aliphatic heterocycles. The van der Waals surface area contributed by atoms with Gasteiger partial charge in [-0.25, -0.2) is 0 Å². The van der Waals surface area contributed by atoms with Crippen LogP contribution >= 0.6 is 0 Å². The Morgan fingerprint density at radius 1 is 1.20 bits per heavy atom. The topological polar surface area (TPSA) is 29.1 Å². The van der Waals surface area contributed by atoms with Crippen molar-refractivity contribution < 1.29 is 4.79 Å². The molecule has 1 N–H and O–H groups in total. The molecule has 0 aromatic carbocycles. The molecule has 0 aliphatic carbocycles. The Bertz CT molecular complexity index is 179. The molecule has 2 nitrogen and oxygen atoms in total. The van der Waals surface area contributed by atoms with Gasteiger partial charge in [-0.2, -0.15) is 0 Å². The van der Waals surface area contributed by atoms with Crippen molar-refractivity contribution in [1.29, 1.82) is 0 Å². The summed E-state index contributed by atoms with van der Waals surface area (Å²) in [5.74, 6) is 0.412. The van der Waals surface area contributed by atoms with Gasteiger partial charge in [-0.1, -0.05) is 34.6 Å². The van der Waals surface area contributed by atoms with E-state index in [9.17, 15) is 4.79 Å². The van der Waals surface area contributed by atoms with Crippen LogP contribution in [0.3, 0.4) is 0 Å². The third-order valence-electron chi connectivity index (χ3n) is 2.34. The van der Waals surface area contributed by atoms with E-state index in [1.54, 1.807) is 0 Å². The fraction of sp³-hybridized carbons (Fsp3) is 0.923.